The molecule has 0 radical (unpaired) electrons. The molecule has 88 valence electrons. The fraction of sp³-hybridized carbons (Fsp3) is 0.909. The number of nitro groups is 1. The van der Waals surface area contributed by atoms with E-state index in [4.69, 9.17) is 0 Å². The van der Waals surface area contributed by atoms with Crippen molar-refractivity contribution >= 4 is 5.78 Å². The van der Waals surface area contributed by atoms with Gasteiger partial charge in [-0.2, -0.15) is 0 Å². The monoisotopic (exact) mass is 215 g/mol. The lowest BCUT2D eigenvalue weighted by Crippen LogP contribution is -2.12. The fourth-order valence-electron chi connectivity index (χ4n) is 1.50. The summed E-state index contributed by atoms with van der Waals surface area (Å²) in [6.07, 6.45) is 8.34. The maximum atomic E-state index is 10.9. The molecule has 0 aromatic heterocycles. The van der Waals surface area contributed by atoms with E-state index >= 15 is 0 Å². The predicted octanol–water partition coefficient (Wildman–Crippen LogP) is 2.97. The van der Waals surface area contributed by atoms with E-state index in [1.165, 1.54) is 25.7 Å². The summed E-state index contributed by atoms with van der Waals surface area (Å²) in [5.41, 5.74) is 0. The summed E-state index contributed by atoms with van der Waals surface area (Å²) in [5.74, 6) is -0.242. The van der Waals surface area contributed by atoms with E-state index in [-0.39, 0.29) is 5.78 Å². The standard InChI is InChI=1S/C11H21NO3/c1-2-3-4-5-6-7-8-9-11(13)10-12(14)15/h2-10H2,1H3. The highest BCUT2D eigenvalue weighted by molar-refractivity contribution is 5.79. The molecule has 0 aromatic rings. The molecule has 15 heavy (non-hydrogen) atoms. The average molecular weight is 215 g/mol. The molecule has 0 rings (SSSR count). The SMILES string of the molecule is CCCCCCCCCC(=O)C[N+](=O)[O-]. The summed E-state index contributed by atoms with van der Waals surface area (Å²) in [4.78, 5) is 20.4. The van der Waals surface area contributed by atoms with Gasteiger partial charge in [0.2, 0.25) is 5.78 Å². The molecule has 0 spiro atoms. The second-order valence-electron chi connectivity index (χ2n) is 3.90. The van der Waals surface area contributed by atoms with Crippen LogP contribution in [-0.4, -0.2) is 17.3 Å². The number of carbonyl (C=O) groups excluding carboxylic acids is 1. The summed E-state index contributed by atoms with van der Waals surface area (Å²) < 4.78 is 0. The van der Waals surface area contributed by atoms with Crippen LogP contribution in [0.25, 0.3) is 0 Å². The molecule has 0 N–H and O–H groups in total. The van der Waals surface area contributed by atoms with Crippen molar-refractivity contribution in [2.75, 3.05) is 6.54 Å². The van der Waals surface area contributed by atoms with Gasteiger partial charge in [0, 0.05) is 11.3 Å². The molecule has 0 aliphatic rings. The summed E-state index contributed by atoms with van der Waals surface area (Å²) in [6.45, 7) is 1.67. The minimum absolute atomic E-state index is 0.242. The van der Waals surface area contributed by atoms with Crippen molar-refractivity contribution in [3.05, 3.63) is 10.1 Å². The predicted molar refractivity (Wildman–Crippen MR) is 59.5 cm³/mol. The van der Waals surface area contributed by atoms with E-state index in [1.54, 1.807) is 0 Å². The lowest BCUT2D eigenvalue weighted by molar-refractivity contribution is -0.467. The molecule has 4 nitrogen and oxygen atoms in total. The number of hydrogen-bond acceptors (Lipinski definition) is 3. The van der Waals surface area contributed by atoms with E-state index in [0.29, 0.717) is 6.42 Å². The number of rotatable bonds is 10. The molecule has 0 bridgehead atoms. The summed E-state index contributed by atoms with van der Waals surface area (Å²) in [7, 11) is 0. The van der Waals surface area contributed by atoms with Crippen LogP contribution in [0, 0.1) is 10.1 Å². The van der Waals surface area contributed by atoms with E-state index in [0.717, 1.165) is 19.3 Å². The van der Waals surface area contributed by atoms with Gasteiger partial charge in [-0.25, -0.2) is 0 Å². The third-order valence-corrected chi connectivity index (χ3v) is 2.36. The van der Waals surface area contributed by atoms with Gasteiger partial charge >= 0.3 is 0 Å². The first-order valence-corrected chi connectivity index (χ1v) is 5.80. The Morgan fingerprint density at radius 2 is 1.60 bits per heavy atom. The number of unbranched alkanes of at least 4 members (excludes halogenated alkanes) is 6. The van der Waals surface area contributed by atoms with Gasteiger partial charge in [0.25, 0.3) is 6.54 Å². The van der Waals surface area contributed by atoms with Crippen LogP contribution in [0.5, 0.6) is 0 Å². The molecule has 0 atom stereocenters. The average Bonchev–Trinajstić information content (AvgIpc) is 2.15. The molecular formula is C11H21NO3. The fourth-order valence-corrected chi connectivity index (χ4v) is 1.50. The van der Waals surface area contributed by atoms with Crippen molar-refractivity contribution in [2.24, 2.45) is 0 Å². The Morgan fingerprint density at radius 3 is 2.13 bits per heavy atom. The van der Waals surface area contributed by atoms with Crippen LogP contribution in [0.3, 0.4) is 0 Å². The van der Waals surface area contributed by atoms with Crippen molar-refractivity contribution in [3.63, 3.8) is 0 Å². The van der Waals surface area contributed by atoms with Crippen LogP contribution in [0.4, 0.5) is 0 Å². The summed E-state index contributed by atoms with van der Waals surface area (Å²) in [6, 6.07) is 0. The Morgan fingerprint density at radius 1 is 1.07 bits per heavy atom. The first kappa shape index (κ1) is 14.1. The Labute approximate surface area is 91.2 Å². The Hall–Kier alpha value is -0.930. The van der Waals surface area contributed by atoms with Gasteiger partial charge in [-0.15, -0.1) is 0 Å². The van der Waals surface area contributed by atoms with E-state index in [1.807, 2.05) is 0 Å². The summed E-state index contributed by atoms with van der Waals surface area (Å²) in [5, 5.41) is 10.0. The number of nitrogens with zero attached hydrogens (tertiary/aromatic N) is 1. The maximum absolute atomic E-state index is 10.9. The number of carbonyl (C=O) groups is 1. The van der Waals surface area contributed by atoms with E-state index in [2.05, 4.69) is 6.92 Å². The van der Waals surface area contributed by atoms with Crippen molar-refractivity contribution in [1.82, 2.24) is 0 Å². The molecule has 0 unspecified atom stereocenters. The molecular weight excluding hydrogens is 194 g/mol. The van der Waals surface area contributed by atoms with Gasteiger partial charge in [-0.1, -0.05) is 45.4 Å². The molecule has 0 amide bonds. The maximum Gasteiger partial charge on any atom is 0.261 e. The second kappa shape index (κ2) is 9.62. The first-order chi connectivity index (χ1) is 7.16. The van der Waals surface area contributed by atoms with Crippen molar-refractivity contribution in [2.45, 2.75) is 58.3 Å². The third kappa shape index (κ3) is 11.0. The molecule has 0 aliphatic heterocycles. The number of ketones is 1. The Balaban J connectivity index is 3.16. The Kier molecular flexibility index (Phi) is 9.02. The molecule has 0 aliphatic carbocycles. The molecule has 0 heterocycles. The van der Waals surface area contributed by atoms with Crippen LogP contribution < -0.4 is 0 Å². The van der Waals surface area contributed by atoms with Crippen LogP contribution >= 0.6 is 0 Å². The summed E-state index contributed by atoms with van der Waals surface area (Å²) >= 11 is 0. The van der Waals surface area contributed by atoms with Crippen LogP contribution in [0.2, 0.25) is 0 Å². The zero-order valence-corrected chi connectivity index (χ0v) is 9.54. The van der Waals surface area contributed by atoms with Crippen LogP contribution in [0.1, 0.15) is 58.3 Å². The molecule has 0 aromatic carbocycles. The van der Waals surface area contributed by atoms with Gasteiger partial charge in [-0.05, 0) is 6.42 Å². The molecule has 0 saturated carbocycles. The van der Waals surface area contributed by atoms with E-state index in [9.17, 15) is 14.9 Å². The highest BCUT2D eigenvalue weighted by Gasteiger charge is 2.08. The quantitative estimate of drug-likeness (QED) is 0.320. The molecule has 0 saturated heterocycles. The van der Waals surface area contributed by atoms with Crippen molar-refractivity contribution in [3.8, 4) is 0 Å². The third-order valence-electron chi connectivity index (χ3n) is 2.36. The van der Waals surface area contributed by atoms with Gasteiger partial charge in [0.15, 0.2) is 0 Å². The minimum Gasteiger partial charge on any atom is -0.292 e. The van der Waals surface area contributed by atoms with Crippen molar-refractivity contribution < 1.29 is 9.72 Å². The van der Waals surface area contributed by atoms with Crippen LogP contribution in [0.15, 0.2) is 0 Å². The highest BCUT2D eigenvalue weighted by Crippen LogP contribution is 2.08. The minimum atomic E-state index is -0.552. The van der Waals surface area contributed by atoms with Gasteiger partial charge < -0.3 is 0 Å². The number of hydrogen-bond donors (Lipinski definition) is 0. The Bertz CT molecular complexity index is 192. The molecule has 4 heteroatoms. The zero-order chi connectivity index (χ0) is 11.5. The number of Topliss-reactive ketones (excluding diaryl/α,β-unsaturated/α-hetero) is 1. The zero-order valence-electron chi connectivity index (χ0n) is 9.54. The lowest BCUT2D eigenvalue weighted by atomic mass is 10.1. The van der Waals surface area contributed by atoms with Crippen molar-refractivity contribution in [1.29, 1.82) is 0 Å². The first-order valence-electron chi connectivity index (χ1n) is 5.80. The lowest BCUT2D eigenvalue weighted by Gasteiger charge is -1.99. The van der Waals surface area contributed by atoms with E-state index < -0.39 is 11.5 Å². The van der Waals surface area contributed by atoms with Gasteiger partial charge in [0.1, 0.15) is 0 Å². The van der Waals surface area contributed by atoms with Crippen LogP contribution in [-0.2, 0) is 4.79 Å². The smallest absolute Gasteiger partial charge is 0.261 e. The molecule has 0 fully saturated rings. The topological polar surface area (TPSA) is 60.2 Å². The normalized spacial score (nSPS) is 10.2. The van der Waals surface area contributed by atoms with Gasteiger partial charge in [0.05, 0.1) is 0 Å². The second-order valence-corrected chi connectivity index (χ2v) is 3.90. The van der Waals surface area contributed by atoms with Gasteiger partial charge in [-0.3, -0.25) is 14.9 Å². The highest BCUT2D eigenvalue weighted by atomic mass is 16.6. The largest absolute Gasteiger partial charge is 0.292 e.